The lowest BCUT2D eigenvalue weighted by atomic mass is 9.92. The van der Waals surface area contributed by atoms with E-state index in [1.807, 2.05) is 11.8 Å². The van der Waals surface area contributed by atoms with Crippen LogP contribution in [0.1, 0.15) is 95.4 Å². The molecule has 0 unspecified atom stereocenters. The Labute approximate surface area is 221 Å². The minimum absolute atomic E-state index is 0.0504. The van der Waals surface area contributed by atoms with E-state index in [-0.39, 0.29) is 28.8 Å². The average Bonchev–Trinajstić information content (AvgIpc) is 2.88. The molecule has 0 bridgehead atoms. The normalized spacial score (nSPS) is 24.6. The van der Waals surface area contributed by atoms with Crippen LogP contribution in [-0.4, -0.2) is 64.4 Å². The minimum Gasteiger partial charge on any atom is -0.380 e. The summed E-state index contributed by atoms with van der Waals surface area (Å²) in [5.74, 6) is 0. The number of benzene rings is 1. The topological polar surface area (TPSA) is 36.9 Å². The van der Waals surface area contributed by atoms with Gasteiger partial charge in [0.25, 0.3) is 0 Å². The second-order valence-electron chi connectivity index (χ2n) is 9.54. The van der Waals surface area contributed by atoms with E-state index in [1.165, 1.54) is 5.56 Å². The highest BCUT2D eigenvalue weighted by Gasteiger charge is 2.48. The lowest BCUT2D eigenvalue weighted by Crippen LogP contribution is -2.55. The summed E-state index contributed by atoms with van der Waals surface area (Å²) in [4.78, 5) is 0. The van der Waals surface area contributed by atoms with E-state index in [0.717, 1.165) is 83.4 Å². The number of hydrogen-bond donors (Lipinski definition) is 0. The van der Waals surface area contributed by atoms with Gasteiger partial charge in [0, 0.05) is 26.4 Å². The molecular formula is C29H49BO4S. The van der Waals surface area contributed by atoms with E-state index in [0.29, 0.717) is 12.9 Å². The van der Waals surface area contributed by atoms with Gasteiger partial charge in [-0.1, -0.05) is 89.5 Å². The number of rotatable bonds is 19. The third-order valence-corrected chi connectivity index (χ3v) is 8.09. The maximum absolute atomic E-state index is 6.64. The van der Waals surface area contributed by atoms with Gasteiger partial charge in [0.2, 0.25) is 0 Å². The SMILES string of the molecule is [B]Cc1cccc([C@@H]2S[C@H](COCCCC)[C@@H](OCCCC)[C@H](OCCCC)[C@H]2OCCCC)c1. The molecule has 0 spiro atoms. The monoisotopic (exact) mass is 504 g/mol. The predicted octanol–water partition coefficient (Wildman–Crippen LogP) is 6.88. The number of ether oxygens (including phenoxy) is 4. The summed E-state index contributed by atoms with van der Waals surface area (Å²) in [7, 11) is 6.00. The van der Waals surface area contributed by atoms with Crippen molar-refractivity contribution in [2.75, 3.05) is 33.0 Å². The van der Waals surface area contributed by atoms with Gasteiger partial charge in [-0.15, -0.1) is 11.8 Å². The molecule has 1 saturated heterocycles. The van der Waals surface area contributed by atoms with Gasteiger partial charge in [-0.3, -0.25) is 0 Å². The third-order valence-electron chi connectivity index (χ3n) is 6.50. The van der Waals surface area contributed by atoms with Crippen molar-refractivity contribution in [1.29, 1.82) is 0 Å². The Kier molecular flexibility index (Phi) is 16.4. The van der Waals surface area contributed by atoms with Crippen LogP contribution in [0.4, 0.5) is 0 Å². The highest BCUT2D eigenvalue weighted by atomic mass is 32.2. The van der Waals surface area contributed by atoms with Gasteiger partial charge in [0.15, 0.2) is 0 Å². The molecule has 35 heavy (non-hydrogen) atoms. The summed E-state index contributed by atoms with van der Waals surface area (Å²) in [6.45, 7) is 12.5. The van der Waals surface area contributed by atoms with E-state index >= 15 is 0 Å². The highest BCUT2D eigenvalue weighted by molar-refractivity contribution is 8.00. The summed E-state index contributed by atoms with van der Waals surface area (Å²) in [6.07, 6.45) is 8.98. The van der Waals surface area contributed by atoms with Crippen LogP contribution in [0, 0.1) is 0 Å². The van der Waals surface area contributed by atoms with Crippen LogP contribution in [0.25, 0.3) is 0 Å². The molecule has 2 rings (SSSR count). The summed E-state index contributed by atoms with van der Waals surface area (Å²) < 4.78 is 26.0. The minimum atomic E-state index is -0.122. The Morgan fingerprint density at radius 3 is 1.91 bits per heavy atom. The summed E-state index contributed by atoms with van der Waals surface area (Å²) in [5.41, 5.74) is 2.41. The lowest BCUT2D eigenvalue weighted by molar-refractivity contribution is -0.149. The molecule has 6 heteroatoms. The molecule has 2 radical (unpaired) electrons. The van der Waals surface area contributed by atoms with E-state index < -0.39 is 0 Å². The molecule has 1 fully saturated rings. The van der Waals surface area contributed by atoms with Crippen molar-refractivity contribution in [3.8, 4) is 0 Å². The summed E-state index contributed by atoms with van der Waals surface area (Å²) >= 11 is 1.94. The Balaban J connectivity index is 2.38. The van der Waals surface area contributed by atoms with Gasteiger partial charge >= 0.3 is 0 Å². The predicted molar refractivity (Wildman–Crippen MR) is 150 cm³/mol. The van der Waals surface area contributed by atoms with Gasteiger partial charge < -0.3 is 18.9 Å². The fraction of sp³-hybridized carbons (Fsp3) is 0.793. The van der Waals surface area contributed by atoms with E-state index in [4.69, 9.17) is 26.8 Å². The molecule has 1 aliphatic rings. The molecule has 5 atom stereocenters. The molecule has 0 saturated carbocycles. The maximum atomic E-state index is 6.64. The Morgan fingerprint density at radius 1 is 0.743 bits per heavy atom. The average molecular weight is 505 g/mol. The first-order valence-corrected chi connectivity index (χ1v) is 15.0. The fourth-order valence-corrected chi connectivity index (χ4v) is 5.96. The standard InChI is InChI=1S/C29H49BO4S/c1-5-9-16-31-22-25-26(32-17-10-6-2)27(33-18-11-7-3)28(34-19-12-8-4)29(35-25)24-15-13-14-23(20-24)21-30/h13-15,20,25-29H,5-12,16-19,21-22H2,1-4H3/t25-,26-,27+,28-,29+/m1/s1. The van der Waals surface area contributed by atoms with Gasteiger partial charge in [0.1, 0.15) is 18.3 Å². The van der Waals surface area contributed by atoms with E-state index in [1.54, 1.807) is 0 Å². The molecule has 1 aromatic rings. The fourth-order valence-electron chi connectivity index (χ4n) is 4.32. The van der Waals surface area contributed by atoms with Crippen LogP contribution < -0.4 is 0 Å². The highest BCUT2D eigenvalue weighted by Crippen LogP contribution is 2.47. The van der Waals surface area contributed by atoms with Crippen LogP contribution >= 0.6 is 11.8 Å². The number of unbranched alkanes of at least 4 members (excludes halogenated alkanes) is 4. The molecular weight excluding hydrogens is 455 g/mol. The van der Waals surface area contributed by atoms with Crippen molar-refractivity contribution in [2.45, 2.75) is 114 Å². The number of thioether (sulfide) groups is 1. The lowest BCUT2D eigenvalue weighted by Gasteiger charge is -2.46. The molecule has 0 aromatic heterocycles. The molecule has 1 heterocycles. The van der Waals surface area contributed by atoms with E-state index in [2.05, 4.69) is 52.0 Å². The zero-order chi connectivity index (χ0) is 25.3. The molecule has 4 nitrogen and oxygen atoms in total. The van der Waals surface area contributed by atoms with Gasteiger partial charge in [-0.2, -0.15) is 0 Å². The molecule has 1 aromatic carbocycles. The Morgan fingerprint density at radius 2 is 1.31 bits per heavy atom. The Hall–Kier alpha value is -0.525. The van der Waals surface area contributed by atoms with Gasteiger partial charge in [-0.05, 0) is 31.2 Å². The third kappa shape index (κ3) is 10.4. The first kappa shape index (κ1) is 30.7. The Bertz CT molecular complexity index is 661. The second kappa shape index (κ2) is 18.7. The second-order valence-corrected chi connectivity index (χ2v) is 10.9. The van der Waals surface area contributed by atoms with Crippen LogP contribution in [0.2, 0.25) is 0 Å². The molecule has 0 aliphatic carbocycles. The first-order valence-electron chi connectivity index (χ1n) is 14.1. The van der Waals surface area contributed by atoms with Crippen molar-refractivity contribution in [2.24, 2.45) is 0 Å². The van der Waals surface area contributed by atoms with Crippen molar-refractivity contribution in [1.82, 2.24) is 0 Å². The maximum Gasteiger partial charge on any atom is 0.112 e. The van der Waals surface area contributed by atoms with Gasteiger partial charge in [-0.25, -0.2) is 0 Å². The summed E-state index contributed by atoms with van der Waals surface area (Å²) in [5, 5.41) is 0.337. The zero-order valence-electron chi connectivity index (χ0n) is 22.7. The van der Waals surface area contributed by atoms with Crippen LogP contribution in [0.5, 0.6) is 0 Å². The van der Waals surface area contributed by atoms with Crippen molar-refractivity contribution >= 4 is 19.6 Å². The molecule has 198 valence electrons. The smallest absolute Gasteiger partial charge is 0.112 e. The largest absolute Gasteiger partial charge is 0.380 e. The van der Waals surface area contributed by atoms with Gasteiger partial charge in [0.05, 0.1) is 25.0 Å². The van der Waals surface area contributed by atoms with Crippen molar-refractivity contribution in [3.63, 3.8) is 0 Å². The summed E-state index contributed by atoms with van der Waals surface area (Å²) in [6, 6.07) is 8.67. The molecule has 0 amide bonds. The quantitative estimate of drug-likeness (QED) is 0.152. The number of hydrogen-bond acceptors (Lipinski definition) is 5. The van der Waals surface area contributed by atoms with Crippen molar-refractivity contribution in [3.05, 3.63) is 35.4 Å². The first-order chi connectivity index (χ1) is 17.2. The van der Waals surface area contributed by atoms with E-state index in [9.17, 15) is 0 Å². The van der Waals surface area contributed by atoms with Crippen molar-refractivity contribution < 1.29 is 18.9 Å². The van der Waals surface area contributed by atoms with Crippen LogP contribution in [-0.2, 0) is 25.3 Å². The van der Waals surface area contributed by atoms with Crippen LogP contribution in [0.15, 0.2) is 24.3 Å². The zero-order valence-corrected chi connectivity index (χ0v) is 23.5. The van der Waals surface area contributed by atoms with Crippen LogP contribution in [0.3, 0.4) is 0 Å². The molecule has 1 aliphatic heterocycles. The molecule has 0 N–H and O–H groups in total.